The fraction of sp³-hybridized carbons (Fsp3) is 0.125. The van der Waals surface area contributed by atoms with E-state index < -0.39 is 0 Å². The van der Waals surface area contributed by atoms with Crippen molar-refractivity contribution in [2.45, 2.75) is 12.8 Å². The van der Waals surface area contributed by atoms with E-state index in [4.69, 9.17) is 27.9 Å². The molecule has 3 aromatic carbocycles. The van der Waals surface area contributed by atoms with E-state index in [9.17, 15) is 4.79 Å². The summed E-state index contributed by atoms with van der Waals surface area (Å²) in [6, 6.07) is 19.4. The predicted molar refractivity (Wildman–Crippen MR) is 134 cm³/mol. The van der Waals surface area contributed by atoms with Gasteiger partial charge in [-0.1, -0.05) is 53.5 Å². The van der Waals surface area contributed by atoms with Gasteiger partial charge in [0.05, 0.1) is 17.3 Å². The number of amides is 1. The number of nitrogens with one attached hydrogen (secondary N) is 1. The topological polar surface area (TPSA) is 68.5 Å². The molecule has 0 atom stereocenters. The number of aromatic nitrogens is 3. The Labute approximate surface area is 203 Å². The number of nitrogens with zero attached hydrogens (tertiary/aromatic N) is 3. The summed E-state index contributed by atoms with van der Waals surface area (Å²) in [7, 11) is 0. The summed E-state index contributed by atoms with van der Waals surface area (Å²) >= 11 is 13.7. The quantitative estimate of drug-likeness (QED) is 0.254. The SMILES string of the molecule is O=C(CCCOc1ccc2ccccc2c1)Nc1nc2scc(-c3ccc(Cl)cc3Cl)n2n1. The third kappa shape index (κ3) is 4.80. The van der Waals surface area contributed by atoms with Crippen molar-refractivity contribution in [2.24, 2.45) is 0 Å². The van der Waals surface area contributed by atoms with Crippen LogP contribution in [-0.4, -0.2) is 27.1 Å². The third-order valence-corrected chi connectivity index (χ3v) is 6.44. The van der Waals surface area contributed by atoms with Gasteiger partial charge in [0.2, 0.25) is 16.8 Å². The second kappa shape index (κ2) is 9.39. The van der Waals surface area contributed by atoms with E-state index in [1.54, 1.807) is 16.6 Å². The van der Waals surface area contributed by atoms with Crippen molar-refractivity contribution in [1.29, 1.82) is 0 Å². The number of anilines is 1. The highest BCUT2D eigenvalue weighted by atomic mass is 35.5. The summed E-state index contributed by atoms with van der Waals surface area (Å²) in [4.78, 5) is 17.4. The first-order chi connectivity index (χ1) is 16.1. The second-order valence-electron chi connectivity index (χ2n) is 7.38. The smallest absolute Gasteiger partial charge is 0.250 e. The maximum Gasteiger partial charge on any atom is 0.250 e. The minimum absolute atomic E-state index is 0.165. The Bertz CT molecular complexity index is 1460. The molecule has 0 aliphatic rings. The largest absolute Gasteiger partial charge is 0.494 e. The molecule has 2 aromatic heterocycles. The van der Waals surface area contributed by atoms with E-state index in [2.05, 4.69) is 21.5 Å². The highest BCUT2D eigenvalue weighted by molar-refractivity contribution is 7.15. The van der Waals surface area contributed by atoms with Crippen LogP contribution in [0.5, 0.6) is 5.75 Å². The van der Waals surface area contributed by atoms with Crippen LogP contribution >= 0.6 is 34.5 Å². The van der Waals surface area contributed by atoms with Crippen molar-refractivity contribution in [3.8, 4) is 17.0 Å². The van der Waals surface area contributed by atoms with Crippen molar-refractivity contribution in [2.75, 3.05) is 11.9 Å². The summed E-state index contributed by atoms with van der Waals surface area (Å²) in [6.45, 7) is 0.441. The summed E-state index contributed by atoms with van der Waals surface area (Å²) < 4.78 is 7.46. The fourth-order valence-corrected chi connectivity index (χ4v) is 4.81. The molecule has 6 nitrogen and oxygen atoms in total. The number of fused-ring (bicyclic) bond motifs is 2. The lowest BCUT2D eigenvalue weighted by Gasteiger charge is -2.07. The Hall–Kier alpha value is -3.13. The standard InChI is InChI=1S/C24H18Cl2N4O2S/c25-17-8-10-19(20(26)13-17)21-14-33-24-28-23(29-30(21)24)27-22(31)6-3-11-32-18-9-7-15-4-1-2-5-16(15)12-18/h1-2,4-5,7-10,12-14H,3,6,11H2,(H,27,29,31). The molecule has 0 unspecified atom stereocenters. The molecular formula is C24H18Cl2N4O2S. The lowest BCUT2D eigenvalue weighted by molar-refractivity contribution is -0.116. The summed E-state index contributed by atoms with van der Waals surface area (Å²) in [5.74, 6) is 0.883. The number of hydrogen-bond acceptors (Lipinski definition) is 5. The van der Waals surface area contributed by atoms with Gasteiger partial charge in [0.25, 0.3) is 0 Å². The second-order valence-corrected chi connectivity index (χ2v) is 9.06. The van der Waals surface area contributed by atoms with Crippen molar-refractivity contribution >= 4 is 62.1 Å². The van der Waals surface area contributed by atoms with Gasteiger partial charge in [-0.15, -0.1) is 16.4 Å². The van der Waals surface area contributed by atoms with E-state index in [-0.39, 0.29) is 11.9 Å². The highest BCUT2D eigenvalue weighted by Gasteiger charge is 2.15. The molecule has 0 bridgehead atoms. The molecule has 5 rings (SSSR count). The number of hydrogen-bond donors (Lipinski definition) is 1. The monoisotopic (exact) mass is 496 g/mol. The highest BCUT2D eigenvalue weighted by Crippen LogP contribution is 2.33. The average molecular weight is 497 g/mol. The first-order valence-corrected chi connectivity index (χ1v) is 11.9. The van der Waals surface area contributed by atoms with Crippen LogP contribution in [0.4, 0.5) is 5.95 Å². The third-order valence-electron chi connectivity index (χ3n) is 5.08. The number of rotatable bonds is 7. The van der Waals surface area contributed by atoms with Crippen molar-refractivity contribution < 1.29 is 9.53 Å². The molecular weight excluding hydrogens is 479 g/mol. The van der Waals surface area contributed by atoms with Gasteiger partial charge >= 0.3 is 0 Å². The molecule has 0 spiro atoms. The van der Waals surface area contributed by atoms with Crippen LogP contribution in [0.3, 0.4) is 0 Å². The van der Waals surface area contributed by atoms with Crippen LogP contribution in [0, 0.1) is 0 Å². The fourth-order valence-electron chi connectivity index (χ4n) is 3.48. The lowest BCUT2D eigenvalue weighted by atomic mass is 10.1. The molecule has 0 radical (unpaired) electrons. The maximum atomic E-state index is 12.4. The van der Waals surface area contributed by atoms with Gasteiger partial charge in [-0.05, 0) is 47.5 Å². The van der Waals surface area contributed by atoms with E-state index >= 15 is 0 Å². The number of carbonyl (C=O) groups excluding carboxylic acids is 1. The Morgan fingerprint density at radius 3 is 2.76 bits per heavy atom. The normalized spacial score (nSPS) is 11.2. The van der Waals surface area contributed by atoms with Gasteiger partial charge in [-0.2, -0.15) is 4.98 Å². The minimum Gasteiger partial charge on any atom is -0.494 e. The molecule has 9 heteroatoms. The van der Waals surface area contributed by atoms with Crippen LogP contribution in [0.1, 0.15) is 12.8 Å². The average Bonchev–Trinajstić information content (AvgIpc) is 3.37. The van der Waals surface area contributed by atoms with Crippen molar-refractivity contribution in [3.05, 3.63) is 76.1 Å². The van der Waals surface area contributed by atoms with Gasteiger partial charge in [-0.3, -0.25) is 10.1 Å². The zero-order valence-electron chi connectivity index (χ0n) is 17.3. The summed E-state index contributed by atoms with van der Waals surface area (Å²) in [6.07, 6.45) is 0.878. The molecule has 0 aliphatic carbocycles. The molecule has 0 fully saturated rings. The van der Waals surface area contributed by atoms with E-state index in [0.717, 1.165) is 27.8 Å². The first-order valence-electron chi connectivity index (χ1n) is 10.3. The molecule has 5 aromatic rings. The van der Waals surface area contributed by atoms with Crippen LogP contribution < -0.4 is 10.1 Å². The zero-order valence-corrected chi connectivity index (χ0v) is 19.6. The predicted octanol–water partition coefficient (Wildman–Crippen LogP) is 6.72. The van der Waals surface area contributed by atoms with E-state index in [1.165, 1.54) is 11.3 Å². The Kier molecular flexibility index (Phi) is 6.17. The van der Waals surface area contributed by atoms with E-state index in [0.29, 0.717) is 34.5 Å². The first kappa shape index (κ1) is 21.7. The number of thiazole rings is 1. The Morgan fingerprint density at radius 2 is 1.91 bits per heavy atom. The molecule has 1 amide bonds. The van der Waals surface area contributed by atoms with Gasteiger partial charge in [0, 0.05) is 22.4 Å². The van der Waals surface area contributed by atoms with Crippen LogP contribution in [0.15, 0.2) is 66.0 Å². The Morgan fingerprint density at radius 1 is 1.06 bits per heavy atom. The summed E-state index contributed by atoms with van der Waals surface area (Å²) in [5.41, 5.74) is 1.58. The van der Waals surface area contributed by atoms with Gasteiger partial charge in [0.15, 0.2) is 0 Å². The molecule has 0 saturated carbocycles. The number of carbonyl (C=O) groups is 1. The van der Waals surface area contributed by atoms with Crippen molar-refractivity contribution in [3.63, 3.8) is 0 Å². The van der Waals surface area contributed by atoms with Crippen LogP contribution in [-0.2, 0) is 4.79 Å². The van der Waals surface area contributed by atoms with Crippen molar-refractivity contribution in [1.82, 2.24) is 14.6 Å². The molecule has 1 N–H and O–H groups in total. The lowest BCUT2D eigenvalue weighted by Crippen LogP contribution is -2.14. The van der Waals surface area contributed by atoms with Gasteiger partial charge in [0.1, 0.15) is 5.75 Å². The van der Waals surface area contributed by atoms with Crippen LogP contribution in [0.2, 0.25) is 10.0 Å². The zero-order chi connectivity index (χ0) is 22.8. The number of ether oxygens (including phenoxy) is 1. The van der Waals surface area contributed by atoms with E-state index in [1.807, 2.05) is 47.8 Å². The Balaban J connectivity index is 1.17. The molecule has 33 heavy (non-hydrogen) atoms. The molecule has 0 saturated heterocycles. The number of benzene rings is 3. The minimum atomic E-state index is -0.165. The molecule has 0 aliphatic heterocycles. The van der Waals surface area contributed by atoms with Crippen LogP contribution in [0.25, 0.3) is 27.0 Å². The number of halogens is 2. The molecule has 166 valence electrons. The maximum absolute atomic E-state index is 12.4. The van der Waals surface area contributed by atoms with Gasteiger partial charge in [-0.25, -0.2) is 4.52 Å². The van der Waals surface area contributed by atoms with Gasteiger partial charge < -0.3 is 4.74 Å². The summed E-state index contributed by atoms with van der Waals surface area (Å²) in [5, 5.41) is 12.5. The molecule has 2 heterocycles.